The second-order valence-corrected chi connectivity index (χ2v) is 8.47. The maximum absolute atomic E-state index is 8.79. The first-order valence-electron chi connectivity index (χ1n) is 7.52. The Morgan fingerprint density at radius 2 is 1.95 bits per heavy atom. The quantitative estimate of drug-likeness (QED) is 0.576. The number of thiazole rings is 1. The van der Waals surface area contributed by atoms with Crippen LogP contribution in [0, 0.1) is 0 Å². The van der Waals surface area contributed by atoms with E-state index in [2.05, 4.69) is 55.3 Å². The van der Waals surface area contributed by atoms with Crippen LogP contribution in [0.2, 0.25) is 0 Å². The van der Waals surface area contributed by atoms with Gasteiger partial charge in [-0.1, -0.05) is 20.8 Å². The van der Waals surface area contributed by atoms with Gasteiger partial charge < -0.3 is 10.4 Å². The first-order chi connectivity index (χ1) is 10.5. The maximum atomic E-state index is 8.79. The van der Waals surface area contributed by atoms with Gasteiger partial charge >= 0.3 is 0 Å². The molecule has 22 heavy (non-hydrogen) atoms. The van der Waals surface area contributed by atoms with Crippen molar-refractivity contribution in [3.05, 3.63) is 40.3 Å². The third-order valence-electron chi connectivity index (χ3n) is 3.09. The van der Waals surface area contributed by atoms with Crippen LogP contribution in [0.1, 0.15) is 37.1 Å². The molecule has 0 unspecified atom stereocenters. The molecule has 3 nitrogen and oxygen atoms in total. The minimum atomic E-state index is 0.121. The van der Waals surface area contributed by atoms with Crippen LogP contribution in [-0.2, 0) is 12.0 Å². The lowest BCUT2D eigenvalue weighted by molar-refractivity contribution is 0.296. The molecule has 1 aromatic carbocycles. The molecule has 0 fully saturated rings. The van der Waals surface area contributed by atoms with Crippen LogP contribution in [0.5, 0.6) is 0 Å². The van der Waals surface area contributed by atoms with E-state index in [4.69, 9.17) is 5.11 Å². The largest absolute Gasteiger partial charge is 0.396 e. The molecule has 0 aliphatic rings. The molecule has 2 aromatic rings. The van der Waals surface area contributed by atoms with Crippen molar-refractivity contribution in [2.24, 2.45) is 0 Å². The molecule has 5 heteroatoms. The molecule has 0 saturated heterocycles. The third-order valence-corrected chi connectivity index (χ3v) is 5.61. The van der Waals surface area contributed by atoms with Crippen molar-refractivity contribution in [1.29, 1.82) is 0 Å². The summed E-state index contributed by atoms with van der Waals surface area (Å²) in [7, 11) is 0. The Hall–Kier alpha value is -1.04. The molecule has 0 aliphatic heterocycles. The van der Waals surface area contributed by atoms with Crippen LogP contribution in [0.15, 0.2) is 35.4 Å². The number of benzene rings is 1. The fourth-order valence-corrected chi connectivity index (χ4v) is 3.60. The molecule has 2 N–H and O–H groups in total. The van der Waals surface area contributed by atoms with Crippen LogP contribution >= 0.6 is 23.1 Å². The highest BCUT2D eigenvalue weighted by molar-refractivity contribution is 7.99. The normalized spacial score (nSPS) is 11.6. The van der Waals surface area contributed by atoms with E-state index in [9.17, 15) is 0 Å². The molecule has 1 aromatic heterocycles. The zero-order chi connectivity index (χ0) is 16.0. The van der Waals surface area contributed by atoms with Crippen molar-refractivity contribution in [3.63, 3.8) is 0 Å². The van der Waals surface area contributed by atoms with Gasteiger partial charge in [0.15, 0.2) is 0 Å². The number of hydrogen-bond donors (Lipinski definition) is 2. The van der Waals surface area contributed by atoms with E-state index in [0.29, 0.717) is 0 Å². The predicted molar refractivity (Wildman–Crippen MR) is 97.0 cm³/mol. The number of thioether (sulfide) groups is 1. The van der Waals surface area contributed by atoms with Gasteiger partial charge in [-0.15, -0.1) is 23.1 Å². The van der Waals surface area contributed by atoms with E-state index in [1.807, 2.05) is 6.20 Å². The monoisotopic (exact) mass is 336 g/mol. The lowest BCUT2D eigenvalue weighted by Crippen LogP contribution is -2.09. The van der Waals surface area contributed by atoms with Crippen LogP contribution in [0.3, 0.4) is 0 Å². The Balaban J connectivity index is 1.85. The number of hydrogen-bond acceptors (Lipinski definition) is 5. The SMILES string of the molecule is CC(C)(C)c1ncc(CNc2ccc(SCCCO)cc2)s1. The van der Waals surface area contributed by atoms with Crippen molar-refractivity contribution in [2.75, 3.05) is 17.7 Å². The van der Waals surface area contributed by atoms with Gasteiger partial charge in [0.05, 0.1) is 11.6 Å². The minimum absolute atomic E-state index is 0.121. The van der Waals surface area contributed by atoms with Crippen molar-refractivity contribution < 1.29 is 5.11 Å². The highest BCUT2D eigenvalue weighted by Gasteiger charge is 2.17. The lowest BCUT2D eigenvalue weighted by atomic mass is 9.98. The summed E-state index contributed by atoms with van der Waals surface area (Å²) < 4.78 is 0. The minimum Gasteiger partial charge on any atom is -0.396 e. The number of rotatable bonds is 7. The summed E-state index contributed by atoms with van der Waals surface area (Å²) in [5.74, 6) is 0.958. The maximum Gasteiger partial charge on any atom is 0.0981 e. The fraction of sp³-hybridized carbons (Fsp3) is 0.471. The molecule has 0 aliphatic carbocycles. The summed E-state index contributed by atoms with van der Waals surface area (Å²) in [6, 6.07) is 8.45. The average Bonchev–Trinajstić information content (AvgIpc) is 2.96. The predicted octanol–water partition coefficient (Wildman–Crippen LogP) is 4.53. The number of aromatic nitrogens is 1. The first kappa shape index (κ1) is 17.3. The van der Waals surface area contributed by atoms with Gasteiger partial charge in [0, 0.05) is 39.4 Å². The van der Waals surface area contributed by atoms with Crippen LogP contribution in [-0.4, -0.2) is 22.5 Å². The van der Waals surface area contributed by atoms with Gasteiger partial charge in [0.2, 0.25) is 0 Å². The molecule has 120 valence electrons. The van der Waals surface area contributed by atoms with Crippen LogP contribution in [0.25, 0.3) is 0 Å². The number of aliphatic hydroxyl groups is 1. The molecule has 2 rings (SSSR count). The smallest absolute Gasteiger partial charge is 0.0981 e. The molecule has 0 amide bonds. The van der Waals surface area contributed by atoms with Crippen LogP contribution in [0.4, 0.5) is 5.69 Å². The Morgan fingerprint density at radius 3 is 2.55 bits per heavy atom. The Morgan fingerprint density at radius 1 is 1.23 bits per heavy atom. The second kappa shape index (κ2) is 7.99. The van der Waals surface area contributed by atoms with Crippen molar-refractivity contribution in [3.8, 4) is 0 Å². The molecule has 1 heterocycles. The zero-order valence-corrected chi connectivity index (χ0v) is 15.1. The van der Waals surface area contributed by atoms with E-state index >= 15 is 0 Å². The summed E-state index contributed by atoms with van der Waals surface area (Å²) in [5.41, 5.74) is 1.24. The number of aliphatic hydroxyl groups excluding tert-OH is 1. The van der Waals surface area contributed by atoms with E-state index in [1.54, 1.807) is 23.1 Å². The van der Waals surface area contributed by atoms with Crippen molar-refractivity contribution >= 4 is 28.8 Å². The van der Waals surface area contributed by atoms with E-state index in [0.717, 1.165) is 24.4 Å². The number of nitrogens with one attached hydrogen (secondary N) is 1. The summed E-state index contributed by atoms with van der Waals surface area (Å²) in [4.78, 5) is 7.01. The van der Waals surface area contributed by atoms with Gasteiger partial charge in [-0.3, -0.25) is 0 Å². The molecule has 0 radical (unpaired) electrons. The molecular weight excluding hydrogens is 312 g/mol. The fourth-order valence-electron chi connectivity index (χ4n) is 1.85. The molecular formula is C17H24N2OS2. The first-order valence-corrected chi connectivity index (χ1v) is 9.32. The molecule has 0 spiro atoms. The van der Waals surface area contributed by atoms with E-state index in [1.165, 1.54) is 14.8 Å². The van der Waals surface area contributed by atoms with Gasteiger partial charge in [-0.05, 0) is 30.7 Å². The zero-order valence-electron chi connectivity index (χ0n) is 13.4. The Labute approximate surface area is 141 Å². The van der Waals surface area contributed by atoms with Gasteiger partial charge in [0.25, 0.3) is 0 Å². The van der Waals surface area contributed by atoms with E-state index < -0.39 is 0 Å². The van der Waals surface area contributed by atoms with Crippen molar-refractivity contribution in [1.82, 2.24) is 4.98 Å². The lowest BCUT2D eigenvalue weighted by Gasteiger charge is -2.13. The summed E-state index contributed by atoms with van der Waals surface area (Å²) in [6.45, 7) is 7.64. The molecule has 0 atom stereocenters. The summed E-state index contributed by atoms with van der Waals surface area (Å²) in [6.07, 6.45) is 2.81. The van der Waals surface area contributed by atoms with Crippen LogP contribution < -0.4 is 5.32 Å². The van der Waals surface area contributed by atoms with E-state index in [-0.39, 0.29) is 12.0 Å². The summed E-state index contributed by atoms with van der Waals surface area (Å²) in [5, 5.41) is 13.4. The highest BCUT2D eigenvalue weighted by atomic mass is 32.2. The molecule has 0 bridgehead atoms. The Kier molecular flexibility index (Phi) is 6.29. The topological polar surface area (TPSA) is 45.2 Å². The average molecular weight is 337 g/mol. The third kappa shape index (κ3) is 5.30. The van der Waals surface area contributed by atoms with Gasteiger partial charge in [0.1, 0.15) is 0 Å². The summed E-state index contributed by atoms with van der Waals surface area (Å²) >= 11 is 3.55. The van der Waals surface area contributed by atoms with Gasteiger partial charge in [-0.2, -0.15) is 0 Å². The van der Waals surface area contributed by atoms with Gasteiger partial charge in [-0.25, -0.2) is 4.98 Å². The number of anilines is 1. The standard InChI is InChI=1S/C17H24N2OS2/c1-17(2,3)16-19-12-15(22-16)11-18-13-5-7-14(8-6-13)21-10-4-9-20/h5-8,12,18,20H,4,9-11H2,1-3H3. The second-order valence-electron chi connectivity index (χ2n) is 6.19. The highest BCUT2D eigenvalue weighted by Crippen LogP contribution is 2.27. The Bertz CT molecular complexity index is 573. The molecule has 0 saturated carbocycles. The van der Waals surface area contributed by atoms with Crippen molar-refractivity contribution in [2.45, 2.75) is 44.0 Å². The number of nitrogens with zero attached hydrogens (tertiary/aromatic N) is 1.